The first kappa shape index (κ1) is 14.7. The maximum absolute atomic E-state index is 10.2. The van der Waals surface area contributed by atoms with Crippen molar-refractivity contribution >= 4 is 5.97 Å². The predicted molar refractivity (Wildman–Crippen MR) is 68.4 cm³/mol. The van der Waals surface area contributed by atoms with Crippen molar-refractivity contribution in [3.05, 3.63) is 35.5 Å². The molecule has 0 saturated carbocycles. The number of carboxylic acids is 1. The fraction of sp³-hybridized carbons (Fsp3) is 0.500. The van der Waals surface area contributed by atoms with E-state index < -0.39 is 5.97 Å². The van der Waals surface area contributed by atoms with Crippen LogP contribution in [0.5, 0.6) is 0 Å². The average Bonchev–Trinajstić information content (AvgIpc) is 2.16. The minimum atomic E-state index is -0.871. The molecule has 0 aromatic heterocycles. The third-order valence-corrected chi connectivity index (χ3v) is 2.18. The third kappa shape index (κ3) is 10.8. The van der Waals surface area contributed by atoms with Crippen molar-refractivity contribution in [3.63, 3.8) is 0 Å². The number of hydrogen-bond donors (Lipinski definition) is 1. The quantitative estimate of drug-likeness (QED) is 0.400. The summed E-state index contributed by atoms with van der Waals surface area (Å²) < 4.78 is 0. The first-order valence-corrected chi connectivity index (χ1v) is 5.71. The number of allylic oxidation sites excluding steroid dienone is 5. The van der Waals surface area contributed by atoms with E-state index in [1.807, 2.05) is 0 Å². The summed E-state index contributed by atoms with van der Waals surface area (Å²) in [4.78, 5) is 10.2. The normalized spacial score (nSPS) is 11.8. The van der Waals surface area contributed by atoms with Crippen molar-refractivity contribution in [1.82, 2.24) is 0 Å². The molecule has 0 aromatic rings. The summed E-state index contributed by atoms with van der Waals surface area (Å²) in [5.41, 5.74) is 2.73. The van der Waals surface area contributed by atoms with Crippen LogP contribution in [-0.2, 0) is 4.79 Å². The van der Waals surface area contributed by atoms with Crippen LogP contribution in [0.2, 0.25) is 0 Å². The Morgan fingerprint density at radius 1 is 1.06 bits per heavy atom. The molecule has 0 unspecified atom stereocenters. The molecule has 90 valence electrons. The van der Waals surface area contributed by atoms with Gasteiger partial charge in [0.05, 0.1) is 0 Å². The van der Waals surface area contributed by atoms with E-state index in [0.29, 0.717) is 0 Å². The summed E-state index contributed by atoms with van der Waals surface area (Å²) in [6, 6.07) is 0. The molecule has 0 aliphatic heterocycles. The largest absolute Gasteiger partial charge is 0.478 e. The fourth-order valence-corrected chi connectivity index (χ4v) is 1.30. The van der Waals surface area contributed by atoms with Crippen LogP contribution in [0.3, 0.4) is 0 Å². The second kappa shape index (κ2) is 8.96. The second-order valence-electron chi connectivity index (χ2n) is 4.19. The SMILES string of the molecule is CC(C)=CCCC(C)=CCCC=CC(=O)O. The Kier molecular flexibility index (Phi) is 8.22. The van der Waals surface area contributed by atoms with Crippen molar-refractivity contribution in [2.45, 2.75) is 46.5 Å². The monoisotopic (exact) mass is 222 g/mol. The number of carbonyl (C=O) groups is 1. The zero-order valence-corrected chi connectivity index (χ0v) is 10.5. The van der Waals surface area contributed by atoms with Gasteiger partial charge in [0.25, 0.3) is 0 Å². The lowest BCUT2D eigenvalue weighted by molar-refractivity contribution is -0.131. The van der Waals surface area contributed by atoms with E-state index in [1.165, 1.54) is 17.2 Å². The number of aliphatic carboxylic acids is 1. The molecule has 2 nitrogen and oxygen atoms in total. The molecule has 0 atom stereocenters. The molecular formula is C14H22O2. The van der Waals surface area contributed by atoms with Gasteiger partial charge in [-0.1, -0.05) is 29.4 Å². The van der Waals surface area contributed by atoms with Crippen molar-refractivity contribution in [2.75, 3.05) is 0 Å². The highest BCUT2D eigenvalue weighted by Gasteiger charge is 1.89. The van der Waals surface area contributed by atoms with E-state index >= 15 is 0 Å². The van der Waals surface area contributed by atoms with Crippen LogP contribution in [0, 0.1) is 0 Å². The van der Waals surface area contributed by atoms with Gasteiger partial charge < -0.3 is 5.11 Å². The van der Waals surface area contributed by atoms with Crippen LogP contribution in [0.15, 0.2) is 35.5 Å². The molecule has 0 rings (SSSR count). The highest BCUT2D eigenvalue weighted by atomic mass is 16.4. The van der Waals surface area contributed by atoms with Gasteiger partial charge in [0.2, 0.25) is 0 Å². The molecule has 16 heavy (non-hydrogen) atoms. The molecular weight excluding hydrogens is 200 g/mol. The molecule has 2 heteroatoms. The topological polar surface area (TPSA) is 37.3 Å². The van der Waals surface area contributed by atoms with Gasteiger partial charge >= 0.3 is 5.97 Å². The van der Waals surface area contributed by atoms with Crippen molar-refractivity contribution in [3.8, 4) is 0 Å². The Labute approximate surface area is 98.4 Å². The van der Waals surface area contributed by atoms with Crippen LogP contribution in [-0.4, -0.2) is 11.1 Å². The highest BCUT2D eigenvalue weighted by Crippen LogP contribution is 2.08. The zero-order valence-electron chi connectivity index (χ0n) is 10.5. The Hall–Kier alpha value is -1.31. The molecule has 1 N–H and O–H groups in total. The summed E-state index contributed by atoms with van der Waals surface area (Å²) in [6.07, 6.45) is 11.2. The van der Waals surface area contributed by atoms with Crippen molar-refractivity contribution < 1.29 is 9.90 Å². The van der Waals surface area contributed by atoms with Crippen LogP contribution in [0.1, 0.15) is 46.5 Å². The number of rotatable bonds is 7. The van der Waals surface area contributed by atoms with E-state index in [1.54, 1.807) is 6.08 Å². The molecule has 0 amide bonds. The second-order valence-corrected chi connectivity index (χ2v) is 4.19. The summed E-state index contributed by atoms with van der Waals surface area (Å²) in [6.45, 7) is 6.34. The van der Waals surface area contributed by atoms with E-state index in [4.69, 9.17) is 5.11 Å². The Morgan fingerprint density at radius 2 is 1.75 bits per heavy atom. The van der Waals surface area contributed by atoms with Crippen LogP contribution in [0.4, 0.5) is 0 Å². The van der Waals surface area contributed by atoms with E-state index in [0.717, 1.165) is 25.7 Å². The summed E-state index contributed by atoms with van der Waals surface area (Å²) in [7, 11) is 0. The summed E-state index contributed by atoms with van der Waals surface area (Å²) in [5, 5.41) is 8.38. The predicted octanol–water partition coefficient (Wildman–Crippen LogP) is 4.10. The smallest absolute Gasteiger partial charge is 0.327 e. The Morgan fingerprint density at radius 3 is 2.31 bits per heavy atom. The molecule has 0 aromatic carbocycles. The molecule has 0 aliphatic rings. The molecule has 0 saturated heterocycles. The number of hydrogen-bond acceptors (Lipinski definition) is 1. The molecule has 0 heterocycles. The van der Waals surface area contributed by atoms with Crippen molar-refractivity contribution in [1.29, 1.82) is 0 Å². The Bertz CT molecular complexity index is 292. The van der Waals surface area contributed by atoms with Crippen LogP contribution < -0.4 is 0 Å². The summed E-state index contributed by atoms with van der Waals surface area (Å²) >= 11 is 0. The molecule has 0 spiro atoms. The lowest BCUT2D eigenvalue weighted by Crippen LogP contribution is -1.85. The lowest BCUT2D eigenvalue weighted by Gasteiger charge is -1.98. The average molecular weight is 222 g/mol. The molecule has 0 aliphatic carbocycles. The zero-order chi connectivity index (χ0) is 12.4. The van der Waals surface area contributed by atoms with Gasteiger partial charge in [0.1, 0.15) is 0 Å². The number of unbranched alkanes of at least 4 members (excludes halogenated alkanes) is 1. The molecule has 0 radical (unpaired) electrons. The molecule has 0 bridgehead atoms. The van der Waals surface area contributed by atoms with Crippen LogP contribution in [0.25, 0.3) is 0 Å². The lowest BCUT2D eigenvalue weighted by atomic mass is 10.1. The molecule has 0 fully saturated rings. The fourth-order valence-electron chi connectivity index (χ4n) is 1.30. The van der Waals surface area contributed by atoms with Gasteiger partial charge in [0.15, 0.2) is 0 Å². The van der Waals surface area contributed by atoms with Gasteiger partial charge in [-0.15, -0.1) is 0 Å². The minimum absolute atomic E-state index is 0.798. The van der Waals surface area contributed by atoms with E-state index in [-0.39, 0.29) is 0 Å². The summed E-state index contributed by atoms with van der Waals surface area (Å²) in [5.74, 6) is -0.871. The first-order chi connectivity index (χ1) is 7.52. The maximum atomic E-state index is 10.2. The van der Waals surface area contributed by atoms with Crippen molar-refractivity contribution in [2.24, 2.45) is 0 Å². The third-order valence-electron chi connectivity index (χ3n) is 2.18. The Balaban J connectivity index is 3.71. The van der Waals surface area contributed by atoms with E-state index in [9.17, 15) is 4.79 Å². The van der Waals surface area contributed by atoms with Gasteiger partial charge in [-0.05, 0) is 46.5 Å². The van der Waals surface area contributed by atoms with Gasteiger partial charge in [-0.25, -0.2) is 4.79 Å². The van der Waals surface area contributed by atoms with Crippen LogP contribution >= 0.6 is 0 Å². The first-order valence-electron chi connectivity index (χ1n) is 5.71. The maximum Gasteiger partial charge on any atom is 0.327 e. The van der Waals surface area contributed by atoms with Gasteiger partial charge in [-0.3, -0.25) is 0 Å². The van der Waals surface area contributed by atoms with E-state index in [2.05, 4.69) is 32.9 Å². The van der Waals surface area contributed by atoms with Gasteiger partial charge in [0, 0.05) is 6.08 Å². The highest BCUT2D eigenvalue weighted by molar-refractivity contribution is 5.79. The minimum Gasteiger partial charge on any atom is -0.478 e. The number of carboxylic acid groups (broad SMARTS) is 1. The standard InChI is InChI=1S/C14H22O2/c1-12(2)8-7-10-13(3)9-5-4-6-11-14(15)16/h6,8-9,11H,4-5,7,10H2,1-3H3,(H,15,16). The van der Waals surface area contributed by atoms with Gasteiger partial charge in [-0.2, -0.15) is 0 Å².